The molecule has 0 aromatic carbocycles. The Kier molecular flexibility index (Phi) is 4.37. The van der Waals surface area contributed by atoms with E-state index in [4.69, 9.17) is 0 Å². The summed E-state index contributed by atoms with van der Waals surface area (Å²) >= 11 is 0. The van der Waals surface area contributed by atoms with Crippen LogP contribution in [0.25, 0.3) is 22.2 Å². The highest BCUT2D eigenvalue weighted by Gasteiger charge is 2.23. The van der Waals surface area contributed by atoms with Crippen LogP contribution in [0, 0.1) is 0 Å². The summed E-state index contributed by atoms with van der Waals surface area (Å²) in [6.45, 7) is 3.66. The van der Waals surface area contributed by atoms with Gasteiger partial charge in [0.25, 0.3) is 0 Å². The summed E-state index contributed by atoms with van der Waals surface area (Å²) < 4.78 is 0. The maximum Gasteiger partial charge on any atom is 0.373 e. The van der Waals surface area contributed by atoms with E-state index in [2.05, 4.69) is 36.1 Å². The average molecular weight is 336 g/mol. The summed E-state index contributed by atoms with van der Waals surface area (Å²) in [7, 11) is -0.460. The van der Waals surface area contributed by atoms with Crippen LogP contribution in [0.5, 0.6) is 0 Å². The number of hydrogen-bond acceptors (Lipinski definition) is 6. The molecule has 0 bridgehead atoms. The predicted molar refractivity (Wildman–Crippen MR) is 99.3 cm³/mol. The Hall–Kier alpha value is -2.45. The van der Waals surface area contributed by atoms with E-state index in [0.29, 0.717) is 6.04 Å². The van der Waals surface area contributed by atoms with Crippen molar-refractivity contribution in [3.05, 3.63) is 37.2 Å². The van der Waals surface area contributed by atoms with Crippen LogP contribution in [0.1, 0.15) is 12.8 Å². The van der Waals surface area contributed by atoms with Crippen LogP contribution in [0.15, 0.2) is 37.2 Å². The van der Waals surface area contributed by atoms with Gasteiger partial charge in [-0.25, -0.2) is 15.0 Å². The van der Waals surface area contributed by atoms with Gasteiger partial charge in [0.05, 0.1) is 0 Å². The first-order valence-electron chi connectivity index (χ1n) is 8.63. The average Bonchev–Trinajstić information content (AvgIpc) is 3.07. The van der Waals surface area contributed by atoms with E-state index >= 15 is 0 Å². The summed E-state index contributed by atoms with van der Waals surface area (Å²) in [5.74, 6) is 0. The van der Waals surface area contributed by atoms with Crippen molar-refractivity contribution in [2.75, 3.05) is 18.0 Å². The summed E-state index contributed by atoms with van der Waals surface area (Å²) in [6.07, 6.45) is 11.0. The largest absolute Gasteiger partial charge is 0.437 e. The number of hydrogen-bond donors (Lipinski definition) is 3. The first-order valence-corrected chi connectivity index (χ1v) is 8.63. The van der Waals surface area contributed by atoms with Crippen LogP contribution in [-0.4, -0.2) is 51.1 Å². The molecule has 0 radical (unpaired) electrons. The third-order valence-corrected chi connectivity index (χ3v) is 4.74. The molecule has 1 aliphatic rings. The molecule has 4 heterocycles. The summed E-state index contributed by atoms with van der Waals surface area (Å²) in [5, 5.41) is 13.8. The number of nitrogens with zero attached hydrogens (tertiary/aromatic N) is 4. The fourth-order valence-electron chi connectivity index (χ4n) is 3.60. The molecule has 1 saturated heterocycles. The number of rotatable bonds is 4. The van der Waals surface area contributed by atoms with Crippen LogP contribution < -0.4 is 10.1 Å². The van der Waals surface area contributed by atoms with E-state index in [1.165, 1.54) is 12.0 Å². The quantitative estimate of drug-likeness (QED) is 0.628. The zero-order valence-corrected chi connectivity index (χ0v) is 14.2. The minimum absolute atomic E-state index is 0.363. The van der Waals surface area contributed by atoms with Gasteiger partial charge in [-0.15, -0.1) is 0 Å². The van der Waals surface area contributed by atoms with E-state index in [-0.39, 0.29) is 0 Å². The fourth-order valence-corrected chi connectivity index (χ4v) is 3.60. The molecule has 1 fully saturated rings. The smallest absolute Gasteiger partial charge is 0.373 e. The van der Waals surface area contributed by atoms with E-state index in [1.54, 1.807) is 6.82 Å². The molecular weight excluding hydrogens is 315 g/mol. The number of nitrogens with one attached hydrogen (secondary N) is 2. The summed E-state index contributed by atoms with van der Waals surface area (Å²) in [5.41, 5.74) is 4.11. The van der Waals surface area contributed by atoms with Crippen LogP contribution in [0.2, 0.25) is 6.82 Å². The van der Waals surface area contributed by atoms with Crippen molar-refractivity contribution in [2.24, 2.45) is 0 Å². The fraction of sp³-hybridized carbons (Fsp3) is 0.353. The number of piperidine rings is 1. The Balaban J connectivity index is 1.66. The van der Waals surface area contributed by atoms with Gasteiger partial charge in [-0.05, 0) is 25.7 Å². The van der Waals surface area contributed by atoms with E-state index in [9.17, 15) is 5.02 Å². The SMILES string of the molecule is CB(O)NC1CCN(c2ccnc3[nH]cc(-c4cncnc4)c23)CC1. The molecular formula is C17H21BN6O. The molecule has 0 saturated carbocycles. The van der Waals surface area contributed by atoms with Crippen LogP contribution in [-0.2, 0) is 0 Å². The van der Waals surface area contributed by atoms with E-state index in [1.807, 2.05) is 24.8 Å². The van der Waals surface area contributed by atoms with Crippen LogP contribution >= 0.6 is 0 Å². The van der Waals surface area contributed by atoms with Gasteiger partial charge in [-0.1, -0.05) is 0 Å². The molecule has 0 spiro atoms. The minimum Gasteiger partial charge on any atom is -0.437 e. The first-order chi connectivity index (χ1) is 12.2. The van der Waals surface area contributed by atoms with Gasteiger partial charge in [-0.3, -0.25) is 0 Å². The second-order valence-corrected chi connectivity index (χ2v) is 6.49. The highest BCUT2D eigenvalue weighted by Crippen LogP contribution is 2.35. The molecule has 128 valence electrons. The topological polar surface area (TPSA) is 90.0 Å². The van der Waals surface area contributed by atoms with Crippen molar-refractivity contribution in [2.45, 2.75) is 25.7 Å². The second kappa shape index (κ2) is 6.82. The lowest BCUT2D eigenvalue weighted by Crippen LogP contribution is -2.47. The molecule has 4 rings (SSSR count). The van der Waals surface area contributed by atoms with Crippen molar-refractivity contribution < 1.29 is 5.02 Å². The van der Waals surface area contributed by atoms with Crippen molar-refractivity contribution in [3.63, 3.8) is 0 Å². The highest BCUT2D eigenvalue weighted by atomic mass is 16.2. The molecule has 0 amide bonds. The van der Waals surface area contributed by atoms with Gasteiger partial charge in [0.1, 0.15) is 12.0 Å². The molecule has 0 atom stereocenters. The number of aromatic amines is 1. The molecule has 3 N–H and O–H groups in total. The Morgan fingerprint density at radius 2 is 2.04 bits per heavy atom. The number of pyridine rings is 1. The lowest BCUT2D eigenvalue weighted by molar-refractivity contribution is 0.441. The predicted octanol–water partition coefficient (Wildman–Crippen LogP) is 1.69. The standard InChI is InChI=1S/C17H21BN6O/c1-18(25)23-13-3-6-24(7-4-13)15-2-5-21-17-16(15)14(10-22-17)12-8-19-11-20-9-12/h2,5,8-11,13,23,25H,3-4,6-7H2,1H3,(H,21,22). The molecule has 3 aromatic rings. The van der Waals surface area contributed by atoms with Crippen molar-refractivity contribution >= 4 is 23.8 Å². The van der Waals surface area contributed by atoms with Gasteiger partial charge in [-0.2, -0.15) is 0 Å². The van der Waals surface area contributed by atoms with Gasteiger partial charge in [0.15, 0.2) is 0 Å². The van der Waals surface area contributed by atoms with Crippen molar-refractivity contribution in [1.29, 1.82) is 0 Å². The van der Waals surface area contributed by atoms with Crippen molar-refractivity contribution in [3.8, 4) is 11.1 Å². The number of H-pyrrole nitrogens is 1. The van der Waals surface area contributed by atoms with Gasteiger partial charge < -0.3 is 20.1 Å². The Bertz CT molecular complexity index is 845. The van der Waals surface area contributed by atoms with Crippen LogP contribution in [0.3, 0.4) is 0 Å². The number of anilines is 1. The molecule has 1 aliphatic heterocycles. The van der Waals surface area contributed by atoms with Gasteiger partial charge >= 0.3 is 7.05 Å². The first kappa shape index (κ1) is 16.0. The third kappa shape index (κ3) is 3.23. The highest BCUT2D eigenvalue weighted by molar-refractivity contribution is 6.45. The number of fused-ring (bicyclic) bond motifs is 1. The lowest BCUT2D eigenvalue weighted by Gasteiger charge is -2.34. The monoisotopic (exact) mass is 336 g/mol. The zero-order chi connectivity index (χ0) is 17.2. The lowest BCUT2D eigenvalue weighted by atomic mass is 9.85. The normalized spacial score (nSPS) is 15.7. The summed E-state index contributed by atoms with van der Waals surface area (Å²) in [4.78, 5) is 18.4. The molecule has 7 nitrogen and oxygen atoms in total. The second-order valence-electron chi connectivity index (χ2n) is 6.49. The van der Waals surface area contributed by atoms with E-state index < -0.39 is 7.05 Å². The molecule has 3 aromatic heterocycles. The minimum atomic E-state index is -0.460. The summed E-state index contributed by atoms with van der Waals surface area (Å²) in [6, 6.07) is 2.44. The maximum atomic E-state index is 9.51. The molecule has 0 aliphatic carbocycles. The van der Waals surface area contributed by atoms with Gasteiger partial charge in [0, 0.05) is 66.1 Å². The zero-order valence-electron chi connectivity index (χ0n) is 14.2. The molecule has 0 unspecified atom stereocenters. The molecule has 25 heavy (non-hydrogen) atoms. The van der Waals surface area contributed by atoms with Crippen LogP contribution in [0.4, 0.5) is 5.69 Å². The van der Waals surface area contributed by atoms with E-state index in [0.717, 1.165) is 48.1 Å². The Morgan fingerprint density at radius 3 is 2.76 bits per heavy atom. The van der Waals surface area contributed by atoms with Crippen molar-refractivity contribution in [1.82, 2.24) is 25.2 Å². The third-order valence-electron chi connectivity index (χ3n) is 4.74. The number of aromatic nitrogens is 4. The molecule has 8 heteroatoms. The van der Waals surface area contributed by atoms with Gasteiger partial charge in [0.2, 0.25) is 0 Å². The Morgan fingerprint density at radius 1 is 1.28 bits per heavy atom. The Labute approximate surface area is 146 Å². The maximum absolute atomic E-state index is 9.51.